The second kappa shape index (κ2) is 11.1. The molecule has 1 aliphatic rings. The molecule has 0 saturated heterocycles. The molecule has 0 heterocycles. The minimum Gasteiger partial charge on any atom is -0.490 e. The Kier molecular flexibility index (Phi) is 9.20. The molecule has 1 unspecified atom stereocenters. The van der Waals surface area contributed by atoms with Gasteiger partial charge in [0.15, 0.2) is 11.6 Å². The molecule has 26 heavy (non-hydrogen) atoms. The third-order valence-electron chi connectivity index (χ3n) is 4.94. The zero-order valence-electron chi connectivity index (χ0n) is 15.6. The summed E-state index contributed by atoms with van der Waals surface area (Å²) in [5, 5.41) is 11.1. The van der Waals surface area contributed by atoms with E-state index in [1.165, 1.54) is 0 Å². The lowest BCUT2D eigenvalue weighted by Crippen LogP contribution is -2.13. The van der Waals surface area contributed by atoms with Crippen LogP contribution in [0.5, 0.6) is 5.75 Å². The van der Waals surface area contributed by atoms with Crippen molar-refractivity contribution in [1.29, 1.82) is 0 Å². The van der Waals surface area contributed by atoms with Gasteiger partial charge in [0.25, 0.3) is 0 Å². The molecule has 148 valence electrons. The van der Waals surface area contributed by atoms with Crippen LogP contribution in [0.15, 0.2) is 12.1 Å². The Morgan fingerprint density at radius 1 is 1.15 bits per heavy atom. The fourth-order valence-electron chi connectivity index (χ4n) is 3.38. The summed E-state index contributed by atoms with van der Waals surface area (Å²) in [5.74, 6) is -0.881. The van der Waals surface area contributed by atoms with Crippen LogP contribution in [-0.2, 0) is 4.52 Å². The first-order valence-corrected chi connectivity index (χ1v) is 10.9. The van der Waals surface area contributed by atoms with E-state index in [9.17, 15) is 8.78 Å². The summed E-state index contributed by atoms with van der Waals surface area (Å²) in [4.78, 5) is 0. The number of unbranched alkanes of at least 4 members (excludes halogenated alkanes) is 1. The third kappa shape index (κ3) is 6.12. The molecule has 2 N–H and O–H groups in total. The van der Waals surface area contributed by atoms with Crippen molar-refractivity contribution in [3.8, 4) is 5.75 Å². The quantitative estimate of drug-likeness (QED) is 0.304. The number of hydrogen-bond donors (Lipinski definition) is 2. The molecule has 0 aromatic heterocycles. The molecule has 0 radical (unpaired) electrons. The first kappa shape index (κ1) is 21.5. The second-order valence-corrected chi connectivity index (χ2v) is 8.58. The van der Waals surface area contributed by atoms with Gasteiger partial charge < -0.3 is 14.5 Å². The molecule has 1 aliphatic carbocycles. The van der Waals surface area contributed by atoms with E-state index < -0.39 is 19.9 Å². The molecule has 0 amide bonds. The summed E-state index contributed by atoms with van der Waals surface area (Å²) in [6.45, 7) is 4.91. The maximum Gasteiger partial charge on any atom is 0.200 e. The Labute approximate surface area is 156 Å². The normalized spacial score (nSPS) is 21.6. The van der Waals surface area contributed by atoms with E-state index in [1.807, 2.05) is 6.92 Å². The van der Waals surface area contributed by atoms with Crippen LogP contribution in [0.2, 0.25) is 0 Å². The van der Waals surface area contributed by atoms with Crippen LogP contribution in [0.1, 0.15) is 63.9 Å². The largest absolute Gasteiger partial charge is 0.490 e. The predicted octanol–water partition coefficient (Wildman–Crippen LogP) is 5.74. The van der Waals surface area contributed by atoms with E-state index in [-0.39, 0.29) is 11.7 Å². The predicted molar refractivity (Wildman–Crippen MR) is 99.8 cm³/mol. The van der Waals surface area contributed by atoms with Gasteiger partial charge in [0.1, 0.15) is 8.30 Å². The molecule has 0 spiro atoms. The molecule has 0 bridgehead atoms. The number of nitrogens with one attached hydrogen (secondary N) is 1. The Balaban J connectivity index is 1.82. The van der Waals surface area contributed by atoms with Crippen molar-refractivity contribution >= 4 is 8.30 Å². The summed E-state index contributed by atoms with van der Waals surface area (Å²) < 4.78 is 39.5. The van der Waals surface area contributed by atoms with Crippen LogP contribution in [0.3, 0.4) is 0 Å². The highest BCUT2D eigenvalue weighted by molar-refractivity contribution is 7.50. The average Bonchev–Trinajstić information content (AvgIpc) is 2.65. The zero-order chi connectivity index (χ0) is 18.9. The number of benzene rings is 1. The lowest BCUT2D eigenvalue weighted by atomic mass is 9.79. The number of ether oxygens (including phenoxy) is 1. The van der Waals surface area contributed by atoms with Crippen LogP contribution in [0, 0.1) is 17.6 Å². The van der Waals surface area contributed by atoms with Gasteiger partial charge in [0, 0.05) is 12.8 Å². The first-order valence-electron chi connectivity index (χ1n) is 9.47. The van der Waals surface area contributed by atoms with Gasteiger partial charge in [-0.2, -0.15) is 9.64 Å². The topological polar surface area (TPSA) is 50.7 Å². The molecule has 1 aromatic rings. The monoisotopic (exact) mass is 389 g/mol. The Morgan fingerprint density at radius 2 is 1.88 bits per heavy atom. The highest BCUT2D eigenvalue weighted by Gasteiger charge is 2.25. The summed E-state index contributed by atoms with van der Waals surface area (Å²) in [5.41, 5.74) is 0.484. The molecular weight excluding hydrogens is 359 g/mol. The fourth-order valence-corrected chi connectivity index (χ4v) is 4.49. The van der Waals surface area contributed by atoms with E-state index in [0.717, 1.165) is 32.1 Å². The van der Waals surface area contributed by atoms with E-state index in [1.54, 1.807) is 12.1 Å². The van der Waals surface area contributed by atoms with E-state index in [4.69, 9.17) is 14.5 Å². The summed E-state index contributed by atoms with van der Waals surface area (Å²) >= 11 is 0. The summed E-state index contributed by atoms with van der Waals surface area (Å²) in [6, 6.07) is 3.23. The summed E-state index contributed by atoms with van der Waals surface area (Å²) in [7, 11) is -1.04. The Morgan fingerprint density at radius 3 is 2.54 bits per heavy atom. The average molecular weight is 389 g/mol. The number of halogens is 2. The van der Waals surface area contributed by atoms with Crippen molar-refractivity contribution in [2.24, 2.45) is 5.92 Å². The molecule has 1 aromatic carbocycles. The van der Waals surface area contributed by atoms with Gasteiger partial charge in [-0.15, -0.1) is 0 Å². The van der Waals surface area contributed by atoms with Crippen LogP contribution >= 0.6 is 8.30 Å². The second-order valence-electron chi connectivity index (χ2n) is 6.91. The van der Waals surface area contributed by atoms with E-state index in [0.29, 0.717) is 37.3 Å². The van der Waals surface area contributed by atoms with Crippen LogP contribution in [0.25, 0.3) is 0 Å². The molecule has 1 fully saturated rings. The maximum absolute atomic E-state index is 14.5. The third-order valence-corrected chi connectivity index (χ3v) is 6.46. The minimum absolute atomic E-state index is 0.0252. The SMILES string of the molecule is CCOP(CCCCOc1ccc(C2CCC(C)CC2)c(F)c1F)NO. The van der Waals surface area contributed by atoms with Crippen LogP contribution < -0.4 is 9.99 Å². The highest BCUT2D eigenvalue weighted by atomic mass is 31.2. The Hall–Kier alpha value is -0.810. The molecule has 1 saturated carbocycles. The van der Waals surface area contributed by atoms with E-state index >= 15 is 0 Å². The lowest BCUT2D eigenvalue weighted by molar-refractivity contribution is 0.224. The number of hydrogen-bond acceptors (Lipinski definition) is 4. The van der Waals surface area contributed by atoms with E-state index in [2.05, 4.69) is 12.2 Å². The smallest absolute Gasteiger partial charge is 0.200 e. The van der Waals surface area contributed by atoms with Gasteiger partial charge >= 0.3 is 0 Å². The van der Waals surface area contributed by atoms with Crippen molar-refractivity contribution < 1.29 is 23.2 Å². The molecule has 1 atom stereocenters. The van der Waals surface area contributed by atoms with Crippen molar-refractivity contribution in [3.05, 3.63) is 29.3 Å². The molecule has 7 heteroatoms. The minimum atomic E-state index is -1.04. The molecule has 4 nitrogen and oxygen atoms in total. The lowest BCUT2D eigenvalue weighted by Gasteiger charge is -2.27. The van der Waals surface area contributed by atoms with Crippen molar-refractivity contribution in [2.75, 3.05) is 19.4 Å². The van der Waals surface area contributed by atoms with Gasteiger partial charge in [0.2, 0.25) is 5.82 Å². The number of rotatable bonds is 10. The maximum atomic E-state index is 14.5. The molecular formula is C19H30F2NO3P. The van der Waals surface area contributed by atoms with Gasteiger partial charge in [-0.25, -0.2) is 4.39 Å². The summed E-state index contributed by atoms with van der Waals surface area (Å²) in [6.07, 6.45) is 6.09. The van der Waals surface area contributed by atoms with Crippen molar-refractivity contribution in [2.45, 2.75) is 58.3 Å². The van der Waals surface area contributed by atoms with Crippen LogP contribution in [0.4, 0.5) is 8.78 Å². The van der Waals surface area contributed by atoms with Crippen LogP contribution in [-0.4, -0.2) is 24.6 Å². The fraction of sp³-hybridized carbons (Fsp3) is 0.684. The van der Waals surface area contributed by atoms with Crippen molar-refractivity contribution in [1.82, 2.24) is 5.25 Å². The molecule has 0 aliphatic heterocycles. The Bertz CT molecular complexity index is 554. The first-order chi connectivity index (χ1) is 12.6. The van der Waals surface area contributed by atoms with Gasteiger partial charge in [-0.05, 0) is 56.1 Å². The molecule has 2 rings (SSSR count). The highest BCUT2D eigenvalue weighted by Crippen LogP contribution is 2.38. The standard InChI is InChI=1S/C19H30F2NO3P/c1-3-25-26(22-23)13-5-4-12-24-17-11-10-16(18(20)19(17)21)15-8-6-14(2)7-9-15/h10-11,14-15,22-23H,3-9,12-13H2,1-2H3. The zero-order valence-corrected chi connectivity index (χ0v) is 16.5. The van der Waals surface area contributed by atoms with Gasteiger partial charge in [-0.3, -0.25) is 0 Å². The van der Waals surface area contributed by atoms with Crippen molar-refractivity contribution in [3.63, 3.8) is 0 Å². The van der Waals surface area contributed by atoms with Gasteiger partial charge in [0.05, 0.1) is 6.61 Å². The van der Waals surface area contributed by atoms with Gasteiger partial charge in [-0.1, -0.05) is 25.8 Å².